The lowest BCUT2D eigenvalue weighted by Gasteiger charge is -2.25. The summed E-state index contributed by atoms with van der Waals surface area (Å²) in [6.07, 6.45) is 3.70. The molecule has 4 heteroatoms. The number of hydrogen-bond donors (Lipinski definition) is 1. The molecule has 0 atom stereocenters. The number of amidine groups is 1. The molecule has 35 heavy (non-hydrogen) atoms. The Kier molecular flexibility index (Phi) is 7.20. The van der Waals surface area contributed by atoms with Crippen molar-refractivity contribution in [3.63, 3.8) is 0 Å². The quantitative estimate of drug-likeness (QED) is 0.223. The third-order valence-corrected chi connectivity index (χ3v) is 6.65. The van der Waals surface area contributed by atoms with E-state index in [9.17, 15) is 0 Å². The Morgan fingerprint density at radius 1 is 0.886 bits per heavy atom. The summed E-state index contributed by atoms with van der Waals surface area (Å²) in [5.74, 6) is 1.92. The predicted molar refractivity (Wildman–Crippen MR) is 148 cm³/mol. The van der Waals surface area contributed by atoms with Crippen LogP contribution in [0.25, 0.3) is 16.8 Å². The van der Waals surface area contributed by atoms with Crippen molar-refractivity contribution in [2.45, 2.75) is 53.4 Å². The first-order valence-corrected chi connectivity index (χ1v) is 12.5. The van der Waals surface area contributed by atoms with E-state index in [0.717, 1.165) is 16.9 Å². The van der Waals surface area contributed by atoms with E-state index in [2.05, 4.69) is 101 Å². The first-order chi connectivity index (χ1) is 16.8. The lowest BCUT2D eigenvalue weighted by atomic mass is 9.85. The SMILES string of the molecule is CCN(C(=N)c1nccn1-c1ccccc1C)c1ccc(-c2c(C(C)C)cccc2C(C)C)cc1. The molecule has 4 nitrogen and oxygen atoms in total. The molecule has 1 heterocycles. The molecular weight excluding hydrogens is 428 g/mol. The van der Waals surface area contributed by atoms with Gasteiger partial charge in [-0.1, -0.05) is 76.2 Å². The fourth-order valence-electron chi connectivity index (χ4n) is 4.79. The highest BCUT2D eigenvalue weighted by Crippen LogP contribution is 2.37. The van der Waals surface area contributed by atoms with E-state index >= 15 is 0 Å². The molecule has 0 unspecified atom stereocenters. The highest BCUT2D eigenvalue weighted by Gasteiger charge is 2.20. The van der Waals surface area contributed by atoms with Gasteiger partial charge in [-0.05, 0) is 71.7 Å². The van der Waals surface area contributed by atoms with Crippen LogP contribution in [0.3, 0.4) is 0 Å². The number of nitrogens with one attached hydrogen (secondary N) is 1. The molecule has 1 N–H and O–H groups in total. The average molecular weight is 465 g/mol. The maximum Gasteiger partial charge on any atom is 0.180 e. The zero-order chi connectivity index (χ0) is 25.1. The van der Waals surface area contributed by atoms with Crippen molar-refractivity contribution in [2.75, 3.05) is 11.4 Å². The molecule has 0 aliphatic carbocycles. The van der Waals surface area contributed by atoms with Crippen LogP contribution in [0.15, 0.2) is 79.1 Å². The van der Waals surface area contributed by atoms with Crippen LogP contribution in [0.2, 0.25) is 0 Å². The van der Waals surface area contributed by atoms with Gasteiger partial charge in [-0.2, -0.15) is 0 Å². The van der Waals surface area contributed by atoms with Gasteiger partial charge in [-0.25, -0.2) is 4.98 Å². The molecule has 0 radical (unpaired) electrons. The van der Waals surface area contributed by atoms with E-state index in [4.69, 9.17) is 5.41 Å². The molecule has 180 valence electrons. The highest BCUT2D eigenvalue weighted by atomic mass is 15.2. The fourth-order valence-corrected chi connectivity index (χ4v) is 4.79. The lowest BCUT2D eigenvalue weighted by Crippen LogP contribution is -2.32. The van der Waals surface area contributed by atoms with E-state index in [0.29, 0.717) is 30.0 Å². The van der Waals surface area contributed by atoms with E-state index in [1.807, 2.05) is 27.8 Å². The Morgan fingerprint density at radius 2 is 1.51 bits per heavy atom. The number of aromatic nitrogens is 2. The summed E-state index contributed by atoms with van der Waals surface area (Å²) in [5.41, 5.74) is 8.52. The highest BCUT2D eigenvalue weighted by molar-refractivity contribution is 6.06. The van der Waals surface area contributed by atoms with E-state index in [1.165, 1.54) is 22.3 Å². The molecule has 0 saturated carbocycles. The number of anilines is 1. The average Bonchev–Trinajstić information content (AvgIpc) is 3.34. The number of benzene rings is 3. The molecule has 0 aliphatic heterocycles. The van der Waals surface area contributed by atoms with Crippen LogP contribution in [0.1, 0.15) is 69.0 Å². The van der Waals surface area contributed by atoms with Crippen LogP contribution in [-0.4, -0.2) is 21.9 Å². The third-order valence-electron chi connectivity index (χ3n) is 6.65. The Morgan fingerprint density at radius 3 is 2.09 bits per heavy atom. The summed E-state index contributed by atoms with van der Waals surface area (Å²) in [5, 5.41) is 9.04. The van der Waals surface area contributed by atoms with Gasteiger partial charge < -0.3 is 4.90 Å². The molecule has 0 saturated heterocycles. The van der Waals surface area contributed by atoms with Crippen molar-refractivity contribution in [3.8, 4) is 16.8 Å². The first-order valence-electron chi connectivity index (χ1n) is 12.5. The second-order valence-corrected chi connectivity index (χ2v) is 9.67. The molecule has 0 aliphatic rings. The summed E-state index contributed by atoms with van der Waals surface area (Å²) in [6, 6.07) is 23.5. The predicted octanol–water partition coefficient (Wildman–Crippen LogP) is 7.95. The summed E-state index contributed by atoms with van der Waals surface area (Å²) in [4.78, 5) is 6.56. The summed E-state index contributed by atoms with van der Waals surface area (Å²) in [7, 11) is 0. The minimum atomic E-state index is 0.388. The summed E-state index contributed by atoms with van der Waals surface area (Å²) >= 11 is 0. The molecule has 1 aromatic heterocycles. The number of imidazole rings is 1. The van der Waals surface area contributed by atoms with Crippen LogP contribution in [0, 0.1) is 12.3 Å². The van der Waals surface area contributed by atoms with Gasteiger partial charge in [0.1, 0.15) is 0 Å². The molecule has 0 fully saturated rings. The Balaban J connectivity index is 1.70. The smallest absolute Gasteiger partial charge is 0.180 e. The van der Waals surface area contributed by atoms with Gasteiger partial charge >= 0.3 is 0 Å². The van der Waals surface area contributed by atoms with Crippen LogP contribution in [0.4, 0.5) is 5.69 Å². The number of rotatable bonds is 7. The first kappa shape index (κ1) is 24.5. The van der Waals surface area contributed by atoms with Gasteiger partial charge in [0, 0.05) is 24.6 Å². The second kappa shape index (κ2) is 10.3. The van der Waals surface area contributed by atoms with Crippen molar-refractivity contribution in [2.24, 2.45) is 0 Å². The number of nitrogens with zero attached hydrogens (tertiary/aromatic N) is 3. The van der Waals surface area contributed by atoms with Crippen LogP contribution in [0.5, 0.6) is 0 Å². The molecule has 4 aromatic rings. The van der Waals surface area contributed by atoms with E-state index < -0.39 is 0 Å². The zero-order valence-electron chi connectivity index (χ0n) is 21.7. The molecule has 4 rings (SSSR count). The standard InChI is InChI=1S/C31H36N4/c1-7-34(30(32)31-33-19-20-35(31)28-14-9-8-11-23(28)6)25-17-15-24(16-18-25)29-26(21(2)3)12-10-13-27(29)22(4)5/h8-22,32H,7H2,1-6H3. The largest absolute Gasteiger partial charge is 0.324 e. The molecule has 0 bridgehead atoms. The van der Waals surface area contributed by atoms with Gasteiger partial charge in [0.05, 0.1) is 5.69 Å². The van der Waals surface area contributed by atoms with Crippen molar-refractivity contribution in [1.29, 1.82) is 5.41 Å². The number of hydrogen-bond acceptors (Lipinski definition) is 2. The number of para-hydroxylation sites is 1. The monoisotopic (exact) mass is 464 g/mol. The van der Waals surface area contributed by atoms with E-state index in [1.54, 1.807) is 6.20 Å². The molecular formula is C31H36N4. The maximum atomic E-state index is 9.04. The topological polar surface area (TPSA) is 44.9 Å². The minimum Gasteiger partial charge on any atom is -0.324 e. The van der Waals surface area contributed by atoms with E-state index in [-0.39, 0.29) is 0 Å². The van der Waals surface area contributed by atoms with Crippen molar-refractivity contribution in [3.05, 3.63) is 102 Å². The zero-order valence-corrected chi connectivity index (χ0v) is 21.7. The third kappa shape index (κ3) is 4.79. The Bertz CT molecular complexity index is 1290. The normalized spacial score (nSPS) is 11.3. The van der Waals surface area contributed by atoms with Crippen LogP contribution >= 0.6 is 0 Å². The van der Waals surface area contributed by atoms with Crippen molar-refractivity contribution < 1.29 is 0 Å². The summed E-state index contributed by atoms with van der Waals surface area (Å²) < 4.78 is 2.00. The molecule has 3 aromatic carbocycles. The Labute approximate surface area is 209 Å². The Hall–Kier alpha value is -3.66. The van der Waals surface area contributed by atoms with Gasteiger partial charge in [-0.15, -0.1) is 0 Å². The van der Waals surface area contributed by atoms with Gasteiger partial charge in [0.2, 0.25) is 0 Å². The van der Waals surface area contributed by atoms with Crippen LogP contribution < -0.4 is 4.90 Å². The van der Waals surface area contributed by atoms with Crippen molar-refractivity contribution in [1.82, 2.24) is 9.55 Å². The van der Waals surface area contributed by atoms with Crippen LogP contribution in [-0.2, 0) is 0 Å². The van der Waals surface area contributed by atoms with Gasteiger partial charge in [0.25, 0.3) is 0 Å². The number of aryl methyl sites for hydroxylation is 1. The molecule has 0 spiro atoms. The van der Waals surface area contributed by atoms with Gasteiger partial charge in [-0.3, -0.25) is 9.98 Å². The van der Waals surface area contributed by atoms with Gasteiger partial charge in [0.15, 0.2) is 11.7 Å². The lowest BCUT2D eigenvalue weighted by molar-refractivity contribution is 0.838. The summed E-state index contributed by atoms with van der Waals surface area (Å²) in [6.45, 7) is 13.9. The molecule has 0 amide bonds. The van der Waals surface area contributed by atoms with Crippen molar-refractivity contribution >= 4 is 11.5 Å². The maximum absolute atomic E-state index is 9.04. The fraction of sp³-hybridized carbons (Fsp3) is 0.290. The second-order valence-electron chi connectivity index (χ2n) is 9.67. The minimum absolute atomic E-state index is 0.388.